The fraction of sp³-hybridized carbons (Fsp3) is 0.640. The Morgan fingerprint density at radius 2 is 1.84 bits per heavy atom. The van der Waals surface area contributed by atoms with Crippen LogP contribution in [0.15, 0.2) is 29.3 Å². The van der Waals surface area contributed by atoms with Gasteiger partial charge in [-0.25, -0.2) is 0 Å². The van der Waals surface area contributed by atoms with Gasteiger partial charge in [0.1, 0.15) is 0 Å². The number of amides is 2. The average molecular weight is 444 g/mol. The number of likely N-dealkylation sites (tertiary alicyclic amines) is 1. The van der Waals surface area contributed by atoms with Gasteiger partial charge in [-0.3, -0.25) is 14.6 Å². The number of hydrogen-bond acceptors (Lipinski definition) is 3. The van der Waals surface area contributed by atoms with Crippen molar-refractivity contribution in [1.82, 2.24) is 20.4 Å². The van der Waals surface area contributed by atoms with Crippen LogP contribution in [-0.2, 0) is 11.2 Å². The molecule has 178 valence electrons. The number of hydrogen-bond donors (Lipinski definition) is 2. The lowest BCUT2D eigenvalue weighted by Gasteiger charge is -2.34. The van der Waals surface area contributed by atoms with Gasteiger partial charge in [0.2, 0.25) is 5.91 Å². The highest BCUT2D eigenvalue weighted by Gasteiger charge is 2.26. The monoisotopic (exact) mass is 443 g/mol. The molecule has 0 unspecified atom stereocenters. The van der Waals surface area contributed by atoms with E-state index in [9.17, 15) is 9.59 Å². The molecule has 1 fully saturated rings. The molecule has 1 aromatic rings. The van der Waals surface area contributed by atoms with Crippen LogP contribution in [-0.4, -0.2) is 73.9 Å². The molecular formula is C25H41N5O2. The van der Waals surface area contributed by atoms with Gasteiger partial charge < -0.3 is 20.4 Å². The second-order valence-electron chi connectivity index (χ2n) is 8.67. The smallest absolute Gasteiger partial charge is 0.253 e. The van der Waals surface area contributed by atoms with Gasteiger partial charge in [0.25, 0.3) is 5.91 Å². The third-order valence-corrected chi connectivity index (χ3v) is 6.08. The summed E-state index contributed by atoms with van der Waals surface area (Å²) in [6.07, 6.45) is 4.47. The standard InChI is InChI=1S/C25H41N5O2/c1-6-20(7-2)24(32)30-16-13-22(14-17-30)28-25(26-8-3)27-15-12-19-10-9-11-21(18-19)23(31)29(4)5/h9-11,18,20,22H,6-8,12-17H2,1-5H3,(H2,26,27,28). The summed E-state index contributed by atoms with van der Waals surface area (Å²) in [5, 5.41) is 6.87. The molecule has 0 aliphatic carbocycles. The Bertz CT molecular complexity index is 765. The number of guanidine groups is 1. The van der Waals surface area contributed by atoms with E-state index in [-0.39, 0.29) is 11.8 Å². The second-order valence-corrected chi connectivity index (χ2v) is 8.67. The molecule has 1 aromatic carbocycles. The van der Waals surface area contributed by atoms with Gasteiger partial charge in [-0.15, -0.1) is 0 Å². The maximum absolute atomic E-state index is 12.6. The van der Waals surface area contributed by atoms with Crippen LogP contribution < -0.4 is 10.6 Å². The Kier molecular flexibility index (Phi) is 10.5. The lowest BCUT2D eigenvalue weighted by atomic mass is 9.98. The Balaban J connectivity index is 1.88. The van der Waals surface area contributed by atoms with Crippen molar-refractivity contribution < 1.29 is 9.59 Å². The largest absolute Gasteiger partial charge is 0.357 e. The number of benzene rings is 1. The molecule has 2 amide bonds. The van der Waals surface area contributed by atoms with E-state index in [2.05, 4.69) is 31.4 Å². The molecule has 1 heterocycles. The highest BCUT2D eigenvalue weighted by Crippen LogP contribution is 2.17. The van der Waals surface area contributed by atoms with Crippen molar-refractivity contribution in [3.05, 3.63) is 35.4 Å². The maximum Gasteiger partial charge on any atom is 0.253 e. The molecule has 0 saturated carbocycles. The van der Waals surface area contributed by atoms with Crippen LogP contribution in [0.5, 0.6) is 0 Å². The predicted octanol–water partition coefficient (Wildman–Crippen LogP) is 2.91. The van der Waals surface area contributed by atoms with E-state index in [1.54, 1.807) is 19.0 Å². The van der Waals surface area contributed by atoms with Crippen molar-refractivity contribution in [2.24, 2.45) is 10.9 Å². The van der Waals surface area contributed by atoms with E-state index in [1.165, 1.54) is 0 Å². The number of nitrogens with one attached hydrogen (secondary N) is 2. The molecule has 0 spiro atoms. The van der Waals surface area contributed by atoms with E-state index >= 15 is 0 Å². The topological polar surface area (TPSA) is 77.0 Å². The molecule has 0 bridgehead atoms. The first kappa shape index (κ1) is 25.7. The second kappa shape index (κ2) is 13.1. The minimum absolute atomic E-state index is 0.0133. The SMILES string of the molecule is CCNC(=NCCc1cccc(C(=O)N(C)C)c1)NC1CCN(C(=O)C(CC)CC)CC1. The third kappa shape index (κ3) is 7.53. The summed E-state index contributed by atoms with van der Waals surface area (Å²) < 4.78 is 0. The van der Waals surface area contributed by atoms with Crippen LogP contribution in [0.4, 0.5) is 0 Å². The van der Waals surface area contributed by atoms with Gasteiger partial charge >= 0.3 is 0 Å². The zero-order chi connectivity index (χ0) is 23.5. The normalized spacial score (nSPS) is 15.1. The van der Waals surface area contributed by atoms with Crippen LogP contribution >= 0.6 is 0 Å². The van der Waals surface area contributed by atoms with Gasteiger partial charge in [-0.1, -0.05) is 26.0 Å². The number of piperidine rings is 1. The summed E-state index contributed by atoms with van der Waals surface area (Å²) in [6, 6.07) is 8.08. The maximum atomic E-state index is 12.6. The van der Waals surface area contributed by atoms with Crippen molar-refractivity contribution in [2.75, 3.05) is 40.3 Å². The van der Waals surface area contributed by atoms with Gasteiger partial charge in [0.15, 0.2) is 5.96 Å². The number of carbonyl (C=O) groups is 2. The molecular weight excluding hydrogens is 402 g/mol. The molecule has 1 saturated heterocycles. The molecule has 7 heteroatoms. The average Bonchev–Trinajstić information content (AvgIpc) is 2.80. The number of nitrogens with zero attached hydrogens (tertiary/aromatic N) is 3. The van der Waals surface area contributed by atoms with E-state index in [1.807, 2.05) is 29.2 Å². The van der Waals surface area contributed by atoms with E-state index in [0.717, 1.165) is 63.3 Å². The highest BCUT2D eigenvalue weighted by molar-refractivity contribution is 5.94. The Hall–Kier alpha value is -2.57. The first-order valence-corrected chi connectivity index (χ1v) is 12.0. The van der Waals surface area contributed by atoms with Crippen LogP contribution in [0, 0.1) is 5.92 Å². The highest BCUT2D eigenvalue weighted by atomic mass is 16.2. The lowest BCUT2D eigenvalue weighted by molar-refractivity contribution is -0.136. The molecule has 0 radical (unpaired) electrons. The fourth-order valence-corrected chi connectivity index (χ4v) is 4.07. The third-order valence-electron chi connectivity index (χ3n) is 6.08. The van der Waals surface area contributed by atoms with Gasteiger partial charge in [-0.05, 0) is 56.7 Å². The van der Waals surface area contributed by atoms with Crippen molar-refractivity contribution in [1.29, 1.82) is 0 Å². The minimum atomic E-state index is 0.0133. The summed E-state index contributed by atoms with van der Waals surface area (Å²) >= 11 is 0. The molecule has 0 aromatic heterocycles. The van der Waals surface area contributed by atoms with Crippen molar-refractivity contribution in [3.8, 4) is 0 Å². The summed E-state index contributed by atoms with van der Waals surface area (Å²) in [5.41, 5.74) is 1.81. The zero-order valence-electron chi connectivity index (χ0n) is 20.5. The van der Waals surface area contributed by atoms with Crippen LogP contribution in [0.1, 0.15) is 62.4 Å². The molecule has 0 atom stereocenters. The lowest BCUT2D eigenvalue weighted by Crippen LogP contribution is -2.50. The van der Waals surface area contributed by atoms with Crippen LogP contribution in [0.3, 0.4) is 0 Å². The summed E-state index contributed by atoms with van der Waals surface area (Å²) in [6.45, 7) is 9.29. The Morgan fingerprint density at radius 3 is 2.44 bits per heavy atom. The molecule has 2 rings (SSSR count). The predicted molar refractivity (Wildman–Crippen MR) is 131 cm³/mol. The van der Waals surface area contributed by atoms with E-state index < -0.39 is 0 Å². The van der Waals surface area contributed by atoms with Crippen molar-refractivity contribution in [3.63, 3.8) is 0 Å². The quantitative estimate of drug-likeness (QED) is 0.454. The first-order valence-electron chi connectivity index (χ1n) is 12.0. The van der Waals surface area contributed by atoms with Crippen molar-refractivity contribution >= 4 is 17.8 Å². The molecule has 7 nitrogen and oxygen atoms in total. The first-order chi connectivity index (χ1) is 15.4. The molecule has 1 aliphatic rings. The van der Waals surface area contributed by atoms with Crippen LogP contribution in [0.25, 0.3) is 0 Å². The van der Waals surface area contributed by atoms with Gasteiger partial charge in [0.05, 0.1) is 0 Å². The Labute approximate surface area is 193 Å². The molecule has 2 N–H and O–H groups in total. The summed E-state index contributed by atoms with van der Waals surface area (Å²) in [4.78, 5) is 33.2. The van der Waals surface area contributed by atoms with Crippen molar-refractivity contribution in [2.45, 2.75) is 58.9 Å². The Morgan fingerprint density at radius 1 is 1.16 bits per heavy atom. The van der Waals surface area contributed by atoms with Gasteiger partial charge in [0, 0.05) is 57.8 Å². The summed E-state index contributed by atoms with van der Waals surface area (Å²) in [7, 11) is 3.53. The van der Waals surface area contributed by atoms with Gasteiger partial charge in [-0.2, -0.15) is 0 Å². The van der Waals surface area contributed by atoms with E-state index in [0.29, 0.717) is 24.1 Å². The summed E-state index contributed by atoms with van der Waals surface area (Å²) in [5.74, 6) is 1.30. The number of rotatable bonds is 9. The molecule has 32 heavy (non-hydrogen) atoms. The number of aliphatic imine (C=N–C) groups is 1. The molecule has 1 aliphatic heterocycles. The fourth-order valence-electron chi connectivity index (χ4n) is 4.07. The van der Waals surface area contributed by atoms with Crippen LogP contribution in [0.2, 0.25) is 0 Å². The minimum Gasteiger partial charge on any atom is -0.357 e. The van der Waals surface area contributed by atoms with E-state index in [4.69, 9.17) is 4.99 Å². The number of carbonyl (C=O) groups excluding carboxylic acids is 2. The zero-order valence-corrected chi connectivity index (χ0v) is 20.5.